The first-order chi connectivity index (χ1) is 13.4. The summed E-state index contributed by atoms with van der Waals surface area (Å²) in [5.41, 5.74) is 1.38. The van der Waals surface area contributed by atoms with Gasteiger partial charge in [-0.15, -0.1) is 11.3 Å². The summed E-state index contributed by atoms with van der Waals surface area (Å²) in [7, 11) is 0. The van der Waals surface area contributed by atoms with Crippen molar-refractivity contribution in [3.63, 3.8) is 0 Å². The number of rotatable bonds is 7. The molecule has 0 radical (unpaired) electrons. The Kier molecular flexibility index (Phi) is 7.13. The summed E-state index contributed by atoms with van der Waals surface area (Å²) < 4.78 is 5.61. The van der Waals surface area contributed by atoms with Crippen molar-refractivity contribution in [2.45, 2.75) is 44.9 Å². The first-order valence-corrected chi connectivity index (χ1v) is 11.1. The average Bonchev–Trinajstić information content (AvgIpc) is 3.21. The Bertz CT molecular complexity index is 727. The lowest BCUT2D eigenvalue weighted by Crippen LogP contribution is -2.40. The Labute approximate surface area is 172 Å². The van der Waals surface area contributed by atoms with Crippen LogP contribution in [-0.4, -0.2) is 43.6 Å². The Morgan fingerprint density at radius 1 is 1.18 bits per heavy atom. The molecule has 1 aromatic heterocycles. The van der Waals surface area contributed by atoms with E-state index in [9.17, 15) is 4.79 Å². The SMILES string of the molecule is CC(C)(C)c1ccc(OCC(=O)NCCN2CCC(c3cccs3)CC2)cc1. The summed E-state index contributed by atoms with van der Waals surface area (Å²) in [6, 6.07) is 12.4. The van der Waals surface area contributed by atoms with Crippen molar-refractivity contribution in [3.05, 3.63) is 52.2 Å². The van der Waals surface area contributed by atoms with Crippen molar-refractivity contribution in [1.82, 2.24) is 10.2 Å². The van der Waals surface area contributed by atoms with E-state index in [1.165, 1.54) is 23.3 Å². The van der Waals surface area contributed by atoms with E-state index < -0.39 is 0 Å². The standard InChI is InChI=1S/C23H32N2O2S/c1-23(2,3)19-6-8-20(9-7-19)27-17-22(26)24-12-15-25-13-10-18(11-14-25)21-5-4-16-28-21/h4-9,16,18H,10-15,17H2,1-3H3,(H,24,26). The molecular weight excluding hydrogens is 368 g/mol. The number of ether oxygens (including phenoxy) is 1. The number of likely N-dealkylation sites (tertiary alicyclic amines) is 1. The quantitative estimate of drug-likeness (QED) is 0.748. The summed E-state index contributed by atoms with van der Waals surface area (Å²) in [4.78, 5) is 16.0. The highest BCUT2D eigenvalue weighted by atomic mass is 32.1. The van der Waals surface area contributed by atoms with Crippen LogP contribution in [0.25, 0.3) is 0 Å². The number of piperidine rings is 1. The third kappa shape index (κ3) is 6.08. The van der Waals surface area contributed by atoms with E-state index >= 15 is 0 Å². The lowest BCUT2D eigenvalue weighted by atomic mass is 9.87. The monoisotopic (exact) mass is 400 g/mol. The molecule has 0 unspecified atom stereocenters. The van der Waals surface area contributed by atoms with Crippen LogP contribution in [-0.2, 0) is 10.2 Å². The van der Waals surface area contributed by atoms with Crippen LogP contribution in [0.3, 0.4) is 0 Å². The van der Waals surface area contributed by atoms with Gasteiger partial charge in [0.05, 0.1) is 0 Å². The van der Waals surface area contributed by atoms with Gasteiger partial charge >= 0.3 is 0 Å². The zero-order chi connectivity index (χ0) is 20.0. The van der Waals surface area contributed by atoms with Gasteiger partial charge in [-0.1, -0.05) is 39.0 Å². The van der Waals surface area contributed by atoms with Gasteiger partial charge in [-0.2, -0.15) is 0 Å². The molecule has 1 N–H and O–H groups in total. The molecule has 0 bridgehead atoms. The predicted octanol–water partition coefficient (Wildman–Crippen LogP) is 4.42. The molecule has 2 heterocycles. The third-order valence-electron chi connectivity index (χ3n) is 5.37. The van der Waals surface area contributed by atoms with Gasteiger partial charge < -0.3 is 15.0 Å². The molecule has 1 amide bonds. The van der Waals surface area contributed by atoms with E-state index in [0.29, 0.717) is 12.5 Å². The number of amides is 1. The molecule has 1 fully saturated rings. The highest BCUT2D eigenvalue weighted by molar-refractivity contribution is 7.10. The second-order valence-corrected chi connectivity index (χ2v) is 9.52. The second-order valence-electron chi connectivity index (χ2n) is 8.54. The molecule has 2 aromatic rings. The van der Waals surface area contributed by atoms with Gasteiger partial charge in [0.15, 0.2) is 6.61 Å². The Morgan fingerprint density at radius 2 is 1.89 bits per heavy atom. The molecule has 1 aromatic carbocycles. The van der Waals surface area contributed by atoms with Crippen molar-refractivity contribution in [1.29, 1.82) is 0 Å². The maximum Gasteiger partial charge on any atom is 0.257 e. The van der Waals surface area contributed by atoms with Gasteiger partial charge in [0.25, 0.3) is 5.91 Å². The van der Waals surface area contributed by atoms with E-state index in [1.54, 1.807) is 0 Å². The lowest BCUT2D eigenvalue weighted by Gasteiger charge is -2.31. The molecule has 1 aliphatic heterocycles. The smallest absolute Gasteiger partial charge is 0.257 e. The van der Waals surface area contributed by atoms with Gasteiger partial charge in [-0.3, -0.25) is 4.79 Å². The Morgan fingerprint density at radius 3 is 2.50 bits per heavy atom. The van der Waals surface area contributed by atoms with Gasteiger partial charge in [-0.25, -0.2) is 0 Å². The molecule has 4 nitrogen and oxygen atoms in total. The van der Waals surface area contributed by atoms with Crippen LogP contribution in [0, 0.1) is 0 Å². The summed E-state index contributed by atoms with van der Waals surface area (Å²) in [5.74, 6) is 1.39. The lowest BCUT2D eigenvalue weighted by molar-refractivity contribution is -0.123. The molecule has 1 aliphatic rings. The summed E-state index contributed by atoms with van der Waals surface area (Å²) in [6.07, 6.45) is 2.42. The molecule has 1 saturated heterocycles. The minimum Gasteiger partial charge on any atom is -0.484 e. The highest BCUT2D eigenvalue weighted by Gasteiger charge is 2.21. The van der Waals surface area contributed by atoms with E-state index in [2.05, 4.69) is 60.6 Å². The van der Waals surface area contributed by atoms with Crippen LogP contribution >= 0.6 is 11.3 Å². The first-order valence-electron chi connectivity index (χ1n) is 10.2. The number of hydrogen-bond donors (Lipinski definition) is 1. The van der Waals surface area contributed by atoms with Gasteiger partial charge in [0.1, 0.15) is 5.75 Å². The molecule has 3 rings (SSSR count). The number of benzene rings is 1. The molecule has 152 valence electrons. The fourth-order valence-corrected chi connectivity index (χ4v) is 4.47. The predicted molar refractivity (Wildman–Crippen MR) is 116 cm³/mol. The number of nitrogens with one attached hydrogen (secondary N) is 1. The van der Waals surface area contributed by atoms with Crippen LogP contribution in [0.2, 0.25) is 0 Å². The molecule has 0 saturated carbocycles. The van der Waals surface area contributed by atoms with Gasteiger partial charge in [0.2, 0.25) is 0 Å². The maximum absolute atomic E-state index is 12.0. The van der Waals surface area contributed by atoms with Crippen LogP contribution in [0.5, 0.6) is 5.75 Å². The second kappa shape index (κ2) is 9.57. The van der Waals surface area contributed by atoms with Crippen LogP contribution in [0.15, 0.2) is 41.8 Å². The summed E-state index contributed by atoms with van der Waals surface area (Å²) >= 11 is 1.87. The molecular formula is C23H32N2O2S. The minimum atomic E-state index is -0.0617. The van der Waals surface area contributed by atoms with Gasteiger partial charge in [0, 0.05) is 18.0 Å². The normalized spacial score (nSPS) is 16.1. The zero-order valence-corrected chi connectivity index (χ0v) is 18.1. The number of nitrogens with zero attached hydrogens (tertiary/aromatic N) is 1. The number of hydrogen-bond acceptors (Lipinski definition) is 4. The van der Waals surface area contributed by atoms with Crippen LogP contribution in [0.4, 0.5) is 0 Å². The Hall–Kier alpha value is -1.85. The molecule has 0 atom stereocenters. The van der Waals surface area contributed by atoms with Crippen molar-refractivity contribution >= 4 is 17.2 Å². The molecule has 5 heteroatoms. The van der Waals surface area contributed by atoms with E-state index in [-0.39, 0.29) is 17.9 Å². The Balaban J connectivity index is 1.31. The first kappa shape index (κ1) is 20.9. The number of carbonyl (C=O) groups excluding carboxylic acids is 1. The topological polar surface area (TPSA) is 41.6 Å². The van der Waals surface area contributed by atoms with E-state index in [1.807, 2.05) is 23.5 Å². The minimum absolute atomic E-state index is 0.0617. The average molecular weight is 401 g/mol. The van der Waals surface area contributed by atoms with Crippen molar-refractivity contribution in [2.75, 3.05) is 32.8 Å². The fourth-order valence-electron chi connectivity index (χ4n) is 3.57. The molecule has 0 spiro atoms. The van der Waals surface area contributed by atoms with Crippen molar-refractivity contribution < 1.29 is 9.53 Å². The number of thiophene rings is 1. The fraction of sp³-hybridized carbons (Fsp3) is 0.522. The molecule has 28 heavy (non-hydrogen) atoms. The van der Waals surface area contributed by atoms with E-state index in [4.69, 9.17) is 4.74 Å². The van der Waals surface area contributed by atoms with Crippen LogP contribution in [0.1, 0.15) is 50.0 Å². The zero-order valence-electron chi connectivity index (χ0n) is 17.2. The summed E-state index contributed by atoms with van der Waals surface area (Å²) in [6.45, 7) is 10.4. The third-order valence-corrected chi connectivity index (χ3v) is 6.41. The summed E-state index contributed by atoms with van der Waals surface area (Å²) in [5, 5.41) is 5.14. The van der Waals surface area contributed by atoms with E-state index in [0.717, 1.165) is 25.4 Å². The van der Waals surface area contributed by atoms with Crippen LogP contribution < -0.4 is 10.1 Å². The maximum atomic E-state index is 12.0. The van der Waals surface area contributed by atoms with Gasteiger partial charge in [-0.05, 0) is 66.4 Å². The van der Waals surface area contributed by atoms with Crippen molar-refractivity contribution in [2.24, 2.45) is 0 Å². The highest BCUT2D eigenvalue weighted by Crippen LogP contribution is 2.30. The largest absolute Gasteiger partial charge is 0.484 e. The van der Waals surface area contributed by atoms with Crippen molar-refractivity contribution in [3.8, 4) is 5.75 Å². The molecule has 0 aliphatic carbocycles. The number of carbonyl (C=O) groups is 1.